The molecule has 164 valence electrons. The van der Waals surface area contributed by atoms with Gasteiger partial charge < -0.3 is 19.8 Å². The summed E-state index contributed by atoms with van der Waals surface area (Å²) in [5.74, 6) is -1.08. The van der Waals surface area contributed by atoms with Crippen LogP contribution in [0.5, 0.6) is 17.2 Å². The number of azo groups is 1. The van der Waals surface area contributed by atoms with Crippen molar-refractivity contribution >= 4 is 48.4 Å². The maximum atomic E-state index is 11.7. The van der Waals surface area contributed by atoms with Gasteiger partial charge in [0.15, 0.2) is 17.2 Å². The Morgan fingerprint density at radius 3 is 2.29 bits per heavy atom. The van der Waals surface area contributed by atoms with Crippen molar-refractivity contribution in [3.8, 4) is 17.2 Å². The molecule has 0 heterocycles. The van der Waals surface area contributed by atoms with Gasteiger partial charge in [0.1, 0.15) is 16.3 Å². The number of fused-ring (bicyclic) bond motifs is 1. The van der Waals surface area contributed by atoms with Crippen LogP contribution in [0.1, 0.15) is 0 Å². The van der Waals surface area contributed by atoms with Crippen LogP contribution in [0.4, 0.5) is 17.1 Å². The lowest BCUT2D eigenvalue weighted by Crippen LogP contribution is -2.06. The predicted molar refractivity (Wildman–Crippen MR) is 109 cm³/mol. The number of phenolic OH excluding ortho intramolecular Hbond substituents is 1. The van der Waals surface area contributed by atoms with E-state index in [0.29, 0.717) is 5.69 Å². The molecule has 3 aromatic rings. The third-order valence-electron chi connectivity index (χ3n) is 3.97. The van der Waals surface area contributed by atoms with E-state index in [1.165, 1.54) is 31.4 Å². The lowest BCUT2D eigenvalue weighted by molar-refractivity contribution is 0.386. The number of nitrogen functional groups attached to an aromatic ring is 1. The number of hydrogen-bond donors (Lipinski definition) is 4. The van der Waals surface area contributed by atoms with Crippen molar-refractivity contribution in [2.45, 2.75) is 4.90 Å². The molecule has 0 amide bonds. The number of ether oxygens (including phenoxy) is 1. The fourth-order valence-corrected chi connectivity index (χ4v) is 3.65. The number of benzene rings is 3. The molecule has 0 bridgehead atoms. The molecule has 0 spiro atoms. The van der Waals surface area contributed by atoms with Gasteiger partial charge in [-0.25, -0.2) is 0 Å². The summed E-state index contributed by atoms with van der Waals surface area (Å²) in [7, 11) is -8.47. The highest BCUT2D eigenvalue weighted by Crippen LogP contribution is 2.45. The van der Waals surface area contributed by atoms with Crippen LogP contribution in [0.15, 0.2) is 57.6 Å². The van der Waals surface area contributed by atoms with E-state index in [1.807, 2.05) is 0 Å². The van der Waals surface area contributed by atoms with Crippen LogP contribution in [-0.4, -0.2) is 38.2 Å². The standard InChI is InChI=1S/C17H15N3O9S2/c1-28-11-3-5-13(15(8-11)30(22,23)24)19-20-16-14(29-31(25,26)27)7-9-6-10(18)2-4-12(9)17(16)21/h2-8,21H,18H2,1H3,(H,22,23,24)(H,25,26,27). The predicted octanol–water partition coefficient (Wildman–Crippen LogP) is 2.98. The van der Waals surface area contributed by atoms with Crippen molar-refractivity contribution in [2.75, 3.05) is 12.8 Å². The lowest BCUT2D eigenvalue weighted by Gasteiger charge is -2.10. The molecule has 31 heavy (non-hydrogen) atoms. The van der Waals surface area contributed by atoms with Crippen LogP contribution in [-0.2, 0) is 20.5 Å². The number of phenols is 1. The first-order valence-corrected chi connectivity index (χ1v) is 11.0. The molecule has 0 unspecified atom stereocenters. The molecule has 0 aliphatic rings. The second-order valence-corrected chi connectivity index (χ2v) is 8.48. The zero-order chi connectivity index (χ0) is 23.0. The first-order chi connectivity index (χ1) is 14.4. The highest BCUT2D eigenvalue weighted by atomic mass is 32.3. The highest BCUT2D eigenvalue weighted by molar-refractivity contribution is 7.86. The maximum Gasteiger partial charge on any atom is 0.446 e. The van der Waals surface area contributed by atoms with E-state index in [9.17, 15) is 26.5 Å². The largest absolute Gasteiger partial charge is 0.505 e. The molecule has 0 aromatic heterocycles. The normalized spacial score (nSPS) is 12.4. The topological polar surface area (TPSA) is 198 Å². The quantitative estimate of drug-likeness (QED) is 0.236. The fraction of sp³-hybridized carbons (Fsp3) is 0.0588. The molecule has 12 nitrogen and oxygen atoms in total. The van der Waals surface area contributed by atoms with Gasteiger partial charge in [-0.2, -0.15) is 16.8 Å². The second kappa shape index (κ2) is 7.99. The van der Waals surface area contributed by atoms with Gasteiger partial charge in [0.25, 0.3) is 10.1 Å². The Labute approximate surface area is 176 Å². The van der Waals surface area contributed by atoms with Crippen molar-refractivity contribution < 1.29 is 40.0 Å². The number of nitrogens with zero attached hydrogens (tertiary/aromatic N) is 2. The second-order valence-electron chi connectivity index (χ2n) is 6.07. The monoisotopic (exact) mass is 469 g/mol. The summed E-state index contributed by atoms with van der Waals surface area (Å²) >= 11 is 0. The van der Waals surface area contributed by atoms with Gasteiger partial charge in [-0.3, -0.25) is 9.11 Å². The van der Waals surface area contributed by atoms with Crippen molar-refractivity contribution in [1.82, 2.24) is 0 Å². The van der Waals surface area contributed by atoms with E-state index >= 15 is 0 Å². The first-order valence-electron chi connectivity index (χ1n) is 8.18. The van der Waals surface area contributed by atoms with Gasteiger partial charge in [-0.1, -0.05) is 0 Å². The number of nitrogens with two attached hydrogens (primary N) is 1. The molecule has 0 saturated heterocycles. The number of hydrogen-bond acceptors (Lipinski definition) is 10. The Balaban J connectivity index is 2.23. The van der Waals surface area contributed by atoms with Gasteiger partial charge in [0.2, 0.25) is 0 Å². The van der Waals surface area contributed by atoms with Crippen molar-refractivity contribution in [3.63, 3.8) is 0 Å². The Morgan fingerprint density at radius 2 is 1.68 bits per heavy atom. The zero-order valence-corrected chi connectivity index (χ0v) is 17.3. The summed E-state index contributed by atoms with van der Waals surface area (Å²) < 4.78 is 73.6. The third-order valence-corrected chi connectivity index (χ3v) is 5.25. The molecule has 0 aliphatic carbocycles. The Hall–Kier alpha value is -3.46. The van der Waals surface area contributed by atoms with Gasteiger partial charge >= 0.3 is 10.4 Å². The van der Waals surface area contributed by atoms with Crippen LogP contribution in [0.3, 0.4) is 0 Å². The lowest BCUT2D eigenvalue weighted by atomic mass is 10.1. The molecule has 0 fully saturated rings. The Morgan fingerprint density at radius 1 is 0.968 bits per heavy atom. The minimum absolute atomic E-state index is 0.105. The van der Waals surface area contributed by atoms with Crippen molar-refractivity contribution in [2.24, 2.45) is 10.2 Å². The van der Waals surface area contributed by atoms with E-state index in [0.717, 1.165) is 18.2 Å². The summed E-state index contributed by atoms with van der Waals surface area (Å²) in [6.07, 6.45) is 0. The van der Waals surface area contributed by atoms with Crippen molar-refractivity contribution in [1.29, 1.82) is 0 Å². The van der Waals surface area contributed by atoms with Gasteiger partial charge in [-0.05, 0) is 41.8 Å². The summed E-state index contributed by atoms with van der Waals surface area (Å²) in [5.41, 5.74) is 5.10. The average Bonchev–Trinajstić information content (AvgIpc) is 2.65. The summed E-state index contributed by atoms with van der Waals surface area (Å²) in [4.78, 5) is -0.652. The molecule has 3 rings (SSSR count). The van der Waals surface area contributed by atoms with Gasteiger partial charge in [0, 0.05) is 17.1 Å². The molecule has 14 heteroatoms. The molecule has 0 radical (unpaired) electrons. The summed E-state index contributed by atoms with van der Waals surface area (Å²) in [6, 6.07) is 8.91. The van der Waals surface area contributed by atoms with E-state index in [1.54, 1.807) is 0 Å². The SMILES string of the molecule is COc1ccc(N=Nc2c(OS(=O)(=O)O)cc3cc(N)ccc3c2O)c(S(=O)(=O)O)c1. The molecular weight excluding hydrogens is 454 g/mol. The summed E-state index contributed by atoms with van der Waals surface area (Å²) in [5, 5.41) is 18.4. The molecular formula is C17H15N3O9S2. The fourth-order valence-electron chi connectivity index (χ4n) is 2.66. The van der Waals surface area contributed by atoms with Crippen molar-refractivity contribution in [3.05, 3.63) is 42.5 Å². The minimum Gasteiger partial charge on any atom is -0.505 e. The van der Waals surface area contributed by atoms with E-state index in [4.69, 9.17) is 15.0 Å². The third kappa shape index (κ3) is 5.00. The van der Waals surface area contributed by atoms with Crippen LogP contribution >= 0.6 is 0 Å². The molecule has 0 aliphatic heterocycles. The zero-order valence-electron chi connectivity index (χ0n) is 15.6. The Kier molecular flexibility index (Phi) is 5.73. The van der Waals surface area contributed by atoms with Crippen LogP contribution in [0.25, 0.3) is 10.8 Å². The number of aromatic hydroxyl groups is 1. The van der Waals surface area contributed by atoms with Gasteiger partial charge in [0.05, 0.1) is 7.11 Å². The Bertz CT molecular complexity index is 1420. The average molecular weight is 469 g/mol. The maximum absolute atomic E-state index is 11.7. The number of anilines is 1. The highest BCUT2D eigenvalue weighted by Gasteiger charge is 2.21. The minimum atomic E-state index is -5.02. The molecule has 5 N–H and O–H groups in total. The number of rotatable bonds is 6. The van der Waals surface area contributed by atoms with E-state index in [-0.39, 0.29) is 22.2 Å². The molecule has 0 saturated carbocycles. The van der Waals surface area contributed by atoms with Crippen LogP contribution < -0.4 is 14.7 Å². The first kappa shape index (κ1) is 22.2. The van der Waals surface area contributed by atoms with Gasteiger partial charge in [-0.15, -0.1) is 10.2 Å². The van der Waals surface area contributed by atoms with E-state index < -0.39 is 42.6 Å². The molecule has 0 atom stereocenters. The van der Waals surface area contributed by atoms with E-state index in [2.05, 4.69) is 14.4 Å². The number of methoxy groups -OCH3 is 1. The summed E-state index contributed by atoms with van der Waals surface area (Å²) in [6.45, 7) is 0. The van der Waals surface area contributed by atoms with Crippen LogP contribution in [0, 0.1) is 0 Å². The van der Waals surface area contributed by atoms with Crippen LogP contribution in [0.2, 0.25) is 0 Å². The molecule has 3 aromatic carbocycles. The smallest absolute Gasteiger partial charge is 0.446 e.